The van der Waals surface area contributed by atoms with Crippen molar-refractivity contribution < 1.29 is 17.9 Å². The van der Waals surface area contributed by atoms with Crippen molar-refractivity contribution in [2.75, 3.05) is 13.2 Å². The van der Waals surface area contributed by atoms with Gasteiger partial charge in [0.15, 0.2) is 0 Å². The number of alkyl halides is 3. The van der Waals surface area contributed by atoms with Crippen molar-refractivity contribution in [2.24, 2.45) is 0 Å². The van der Waals surface area contributed by atoms with Gasteiger partial charge in [0.1, 0.15) is 5.75 Å². The molecule has 0 aliphatic rings. The highest BCUT2D eigenvalue weighted by Gasteiger charge is 2.26. The summed E-state index contributed by atoms with van der Waals surface area (Å²) in [6, 6.07) is 5.29. The van der Waals surface area contributed by atoms with Crippen LogP contribution in [0.15, 0.2) is 22.7 Å². The number of ether oxygens (including phenoxy) is 1. The zero-order valence-electron chi connectivity index (χ0n) is 10.7. The zero-order chi connectivity index (χ0) is 14.3. The topological polar surface area (TPSA) is 21.3 Å². The standard InChI is InChI=1S/C13H17BrF3NO/c1-2-6-18-9-10-8-11(14)3-4-12(10)19-7-5-13(15,16)17/h3-4,8,18H,2,5-7,9H2,1H3. The van der Waals surface area contributed by atoms with Gasteiger partial charge < -0.3 is 10.1 Å². The number of hydrogen-bond acceptors (Lipinski definition) is 2. The first-order valence-electron chi connectivity index (χ1n) is 6.11. The van der Waals surface area contributed by atoms with Crippen molar-refractivity contribution in [3.63, 3.8) is 0 Å². The van der Waals surface area contributed by atoms with Crippen molar-refractivity contribution in [3.8, 4) is 5.75 Å². The Morgan fingerprint density at radius 2 is 2.05 bits per heavy atom. The first-order chi connectivity index (χ1) is 8.92. The largest absolute Gasteiger partial charge is 0.493 e. The summed E-state index contributed by atoms with van der Waals surface area (Å²) in [5, 5.41) is 3.20. The van der Waals surface area contributed by atoms with Gasteiger partial charge in [0.25, 0.3) is 0 Å². The molecule has 2 nitrogen and oxygen atoms in total. The summed E-state index contributed by atoms with van der Waals surface area (Å²) in [7, 11) is 0. The fourth-order valence-electron chi connectivity index (χ4n) is 1.50. The summed E-state index contributed by atoms with van der Waals surface area (Å²) in [5.41, 5.74) is 0.852. The van der Waals surface area contributed by atoms with Crippen molar-refractivity contribution in [1.29, 1.82) is 0 Å². The van der Waals surface area contributed by atoms with E-state index < -0.39 is 12.6 Å². The monoisotopic (exact) mass is 339 g/mol. The molecular formula is C13H17BrF3NO. The molecule has 0 heterocycles. The molecule has 0 saturated heterocycles. The second-order valence-corrected chi connectivity index (χ2v) is 5.06. The second kappa shape index (κ2) is 7.75. The molecular weight excluding hydrogens is 323 g/mol. The van der Waals surface area contributed by atoms with Crippen molar-refractivity contribution in [2.45, 2.75) is 32.5 Å². The summed E-state index contributed by atoms with van der Waals surface area (Å²) in [5.74, 6) is 0.496. The molecule has 1 rings (SSSR count). The maximum atomic E-state index is 12.1. The quantitative estimate of drug-likeness (QED) is 0.748. The van der Waals surface area contributed by atoms with Gasteiger partial charge in [-0.1, -0.05) is 22.9 Å². The number of halogens is 4. The number of benzene rings is 1. The molecule has 0 amide bonds. The molecule has 0 aromatic heterocycles. The van der Waals surface area contributed by atoms with Crippen LogP contribution in [0, 0.1) is 0 Å². The maximum Gasteiger partial charge on any atom is 0.392 e. The first kappa shape index (κ1) is 16.3. The average Bonchev–Trinajstić information content (AvgIpc) is 2.30. The highest BCUT2D eigenvalue weighted by molar-refractivity contribution is 9.10. The van der Waals surface area contributed by atoms with Crippen LogP contribution in [0.2, 0.25) is 0 Å². The van der Waals surface area contributed by atoms with Crippen LogP contribution in [0.3, 0.4) is 0 Å². The molecule has 0 spiro atoms. The Bertz CT molecular complexity index is 396. The van der Waals surface area contributed by atoms with E-state index in [0.29, 0.717) is 12.3 Å². The van der Waals surface area contributed by atoms with E-state index in [1.165, 1.54) is 0 Å². The highest BCUT2D eigenvalue weighted by atomic mass is 79.9. The Labute approximate surface area is 119 Å². The van der Waals surface area contributed by atoms with Crippen LogP contribution in [0.4, 0.5) is 13.2 Å². The Hall–Kier alpha value is -0.750. The molecule has 0 unspecified atom stereocenters. The molecule has 1 N–H and O–H groups in total. The van der Waals surface area contributed by atoms with E-state index in [4.69, 9.17) is 4.74 Å². The molecule has 0 atom stereocenters. The van der Waals surface area contributed by atoms with Gasteiger partial charge in [-0.15, -0.1) is 0 Å². The number of rotatable bonds is 7. The fraction of sp³-hybridized carbons (Fsp3) is 0.538. The molecule has 108 valence electrons. The van der Waals surface area contributed by atoms with Gasteiger partial charge >= 0.3 is 6.18 Å². The molecule has 6 heteroatoms. The molecule has 1 aromatic rings. The van der Waals surface area contributed by atoms with Crippen LogP contribution >= 0.6 is 15.9 Å². The van der Waals surface area contributed by atoms with Gasteiger partial charge in [0, 0.05) is 16.6 Å². The summed E-state index contributed by atoms with van der Waals surface area (Å²) in [6.07, 6.45) is -4.13. The van der Waals surface area contributed by atoms with E-state index in [0.717, 1.165) is 23.0 Å². The van der Waals surface area contributed by atoms with Crippen LogP contribution in [-0.2, 0) is 6.54 Å². The van der Waals surface area contributed by atoms with Crippen LogP contribution in [-0.4, -0.2) is 19.3 Å². The van der Waals surface area contributed by atoms with Crippen molar-refractivity contribution in [3.05, 3.63) is 28.2 Å². The van der Waals surface area contributed by atoms with Crippen molar-refractivity contribution in [1.82, 2.24) is 5.32 Å². The lowest BCUT2D eigenvalue weighted by molar-refractivity contribution is -0.139. The summed E-state index contributed by atoms with van der Waals surface area (Å²) in [4.78, 5) is 0. The number of hydrogen-bond donors (Lipinski definition) is 1. The third-order valence-electron chi connectivity index (χ3n) is 2.41. The zero-order valence-corrected chi connectivity index (χ0v) is 12.3. The predicted octanol–water partition coefficient (Wildman–Crippen LogP) is 4.28. The Morgan fingerprint density at radius 1 is 1.32 bits per heavy atom. The molecule has 0 aliphatic carbocycles. The minimum Gasteiger partial charge on any atom is -0.493 e. The van der Waals surface area contributed by atoms with Gasteiger partial charge in [0.05, 0.1) is 13.0 Å². The lowest BCUT2D eigenvalue weighted by Gasteiger charge is -2.13. The van der Waals surface area contributed by atoms with Crippen LogP contribution in [0.5, 0.6) is 5.75 Å². The lowest BCUT2D eigenvalue weighted by atomic mass is 10.2. The Kier molecular flexibility index (Phi) is 6.65. The lowest BCUT2D eigenvalue weighted by Crippen LogP contribution is -2.16. The molecule has 0 radical (unpaired) electrons. The van der Waals surface area contributed by atoms with Gasteiger partial charge in [-0.2, -0.15) is 13.2 Å². The van der Waals surface area contributed by atoms with E-state index in [-0.39, 0.29) is 6.61 Å². The minimum absolute atomic E-state index is 0.355. The molecule has 0 bridgehead atoms. The van der Waals surface area contributed by atoms with Gasteiger partial charge in [0.2, 0.25) is 0 Å². The first-order valence-corrected chi connectivity index (χ1v) is 6.90. The van der Waals surface area contributed by atoms with E-state index in [1.807, 2.05) is 6.07 Å². The fourth-order valence-corrected chi connectivity index (χ4v) is 1.91. The summed E-state index contributed by atoms with van der Waals surface area (Å²) in [6.45, 7) is 3.13. The number of nitrogens with one attached hydrogen (secondary N) is 1. The third-order valence-corrected chi connectivity index (χ3v) is 2.90. The normalized spacial score (nSPS) is 11.6. The van der Waals surface area contributed by atoms with E-state index >= 15 is 0 Å². The highest BCUT2D eigenvalue weighted by Crippen LogP contribution is 2.25. The van der Waals surface area contributed by atoms with Crippen LogP contribution in [0.1, 0.15) is 25.3 Å². The van der Waals surface area contributed by atoms with Gasteiger partial charge in [-0.25, -0.2) is 0 Å². The van der Waals surface area contributed by atoms with E-state index in [2.05, 4.69) is 28.2 Å². The smallest absolute Gasteiger partial charge is 0.392 e. The Balaban J connectivity index is 2.60. The molecule has 0 saturated carbocycles. The third kappa shape index (κ3) is 6.82. The SMILES string of the molecule is CCCNCc1cc(Br)ccc1OCCC(F)(F)F. The summed E-state index contributed by atoms with van der Waals surface area (Å²) >= 11 is 3.34. The molecule has 1 aromatic carbocycles. The molecule has 0 fully saturated rings. The Morgan fingerprint density at radius 3 is 2.68 bits per heavy atom. The van der Waals surface area contributed by atoms with E-state index in [9.17, 15) is 13.2 Å². The predicted molar refractivity (Wildman–Crippen MR) is 72.3 cm³/mol. The van der Waals surface area contributed by atoms with Crippen molar-refractivity contribution >= 4 is 15.9 Å². The minimum atomic E-state index is -4.18. The second-order valence-electron chi connectivity index (χ2n) is 4.14. The van der Waals surface area contributed by atoms with Crippen LogP contribution in [0.25, 0.3) is 0 Å². The van der Waals surface area contributed by atoms with Crippen LogP contribution < -0.4 is 10.1 Å². The average molecular weight is 340 g/mol. The van der Waals surface area contributed by atoms with Gasteiger partial charge in [-0.3, -0.25) is 0 Å². The molecule has 0 aliphatic heterocycles. The summed E-state index contributed by atoms with van der Waals surface area (Å²) < 4.78 is 42.3. The van der Waals surface area contributed by atoms with E-state index in [1.54, 1.807) is 12.1 Å². The maximum absolute atomic E-state index is 12.1. The van der Waals surface area contributed by atoms with Gasteiger partial charge in [-0.05, 0) is 31.2 Å². The molecule has 19 heavy (non-hydrogen) atoms.